The third-order valence-electron chi connectivity index (χ3n) is 3.18. The summed E-state index contributed by atoms with van der Waals surface area (Å²) in [5.41, 5.74) is 12.0. The molecule has 1 aromatic carbocycles. The molecule has 2 N–H and O–H groups in total. The molecular weight excluding hydrogens is 252 g/mol. The van der Waals surface area contributed by atoms with Gasteiger partial charge in [0.15, 0.2) is 0 Å². The number of aryl methyl sites for hydroxylation is 1. The molecule has 0 bridgehead atoms. The van der Waals surface area contributed by atoms with Gasteiger partial charge in [-0.05, 0) is 29.9 Å². The monoisotopic (exact) mass is 274 g/mol. The molecule has 0 amide bonds. The summed E-state index contributed by atoms with van der Waals surface area (Å²) in [5, 5.41) is 0. The number of aromatic nitrogens is 1. The lowest BCUT2D eigenvalue weighted by Crippen LogP contribution is -2.18. The molecule has 3 heteroatoms. The molecule has 1 atom stereocenters. The fraction of sp³-hybridized carbons (Fsp3) is 0.438. The van der Waals surface area contributed by atoms with E-state index in [-0.39, 0.29) is 11.5 Å². The summed E-state index contributed by atoms with van der Waals surface area (Å²) in [4.78, 5) is 5.54. The van der Waals surface area contributed by atoms with Gasteiger partial charge in [0, 0.05) is 6.04 Å². The molecule has 0 radical (unpaired) electrons. The first-order valence-corrected chi connectivity index (χ1v) is 7.51. The fourth-order valence-electron chi connectivity index (χ4n) is 2.24. The molecular formula is C16H22N2S. The lowest BCUT2D eigenvalue weighted by atomic mass is 9.86. The maximum atomic E-state index is 6.27. The van der Waals surface area contributed by atoms with Crippen molar-refractivity contribution in [2.75, 3.05) is 0 Å². The van der Waals surface area contributed by atoms with Gasteiger partial charge in [-0.1, -0.05) is 45.0 Å². The molecule has 1 heterocycles. The van der Waals surface area contributed by atoms with Gasteiger partial charge in [-0.3, -0.25) is 0 Å². The van der Waals surface area contributed by atoms with E-state index in [1.54, 1.807) is 11.3 Å². The summed E-state index contributed by atoms with van der Waals surface area (Å²) in [7, 11) is 0. The van der Waals surface area contributed by atoms with Gasteiger partial charge in [0.1, 0.15) is 0 Å². The second kappa shape index (κ2) is 5.43. The minimum absolute atomic E-state index is 0.108. The van der Waals surface area contributed by atoms with E-state index in [9.17, 15) is 0 Å². The van der Waals surface area contributed by atoms with Crippen molar-refractivity contribution in [2.45, 2.75) is 40.2 Å². The Balaban J connectivity index is 2.17. The molecule has 19 heavy (non-hydrogen) atoms. The van der Waals surface area contributed by atoms with E-state index in [1.165, 1.54) is 16.0 Å². The van der Waals surface area contributed by atoms with Crippen LogP contribution in [0.5, 0.6) is 0 Å². The van der Waals surface area contributed by atoms with Gasteiger partial charge in [0.2, 0.25) is 0 Å². The van der Waals surface area contributed by atoms with Crippen molar-refractivity contribution in [1.82, 2.24) is 4.98 Å². The summed E-state index contributed by atoms with van der Waals surface area (Å²) in [5.74, 6) is 0. The first kappa shape index (κ1) is 14.2. The number of nitrogens with zero attached hydrogens (tertiary/aromatic N) is 1. The first-order chi connectivity index (χ1) is 8.87. The van der Waals surface area contributed by atoms with Crippen LogP contribution in [0.2, 0.25) is 0 Å². The van der Waals surface area contributed by atoms with Gasteiger partial charge in [-0.25, -0.2) is 4.98 Å². The van der Waals surface area contributed by atoms with Crippen LogP contribution in [0.3, 0.4) is 0 Å². The zero-order valence-electron chi connectivity index (χ0n) is 12.1. The van der Waals surface area contributed by atoms with Gasteiger partial charge < -0.3 is 5.73 Å². The van der Waals surface area contributed by atoms with E-state index in [0.717, 1.165) is 12.1 Å². The smallest absolute Gasteiger partial charge is 0.0801 e. The summed E-state index contributed by atoms with van der Waals surface area (Å²) in [6.45, 7) is 8.72. The molecule has 2 aromatic rings. The second-order valence-corrected chi connectivity index (χ2v) is 7.11. The Bertz CT molecular complexity index is 535. The van der Waals surface area contributed by atoms with E-state index >= 15 is 0 Å². The average Bonchev–Trinajstić information content (AvgIpc) is 2.73. The first-order valence-electron chi connectivity index (χ1n) is 6.63. The molecule has 2 rings (SSSR count). The predicted octanol–water partition coefficient (Wildman–Crippen LogP) is 4.55. The zero-order valence-corrected chi connectivity index (χ0v) is 12.9. The van der Waals surface area contributed by atoms with Crippen LogP contribution in [0.1, 0.15) is 44.5 Å². The van der Waals surface area contributed by atoms with E-state index in [4.69, 9.17) is 5.73 Å². The second-order valence-electron chi connectivity index (χ2n) is 6.26. The standard InChI is InChI=1S/C16H22N2S/c1-11-15(19-10-18-11)13-7-5-12(6-8-13)14(17)9-16(2,3)4/h5-8,10,14H,9,17H2,1-4H3. The molecule has 1 unspecified atom stereocenters. The van der Waals surface area contributed by atoms with Crippen LogP contribution in [-0.2, 0) is 0 Å². The van der Waals surface area contributed by atoms with Gasteiger partial charge in [0.25, 0.3) is 0 Å². The SMILES string of the molecule is Cc1ncsc1-c1ccc(C(N)CC(C)(C)C)cc1. The van der Waals surface area contributed by atoms with Gasteiger partial charge in [0.05, 0.1) is 16.1 Å². The molecule has 2 nitrogen and oxygen atoms in total. The fourth-order valence-corrected chi connectivity index (χ4v) is 3.05. The molecule has 0 aliphatic heterocycles. The summed E-state index contributed by atoms with van der Waals surface area (Å²) in [6, 6.07) is 8.70. The van der Waals surface area contributed by atoms with Crippen molar-refractivity contribution < 1.29 is 0 Å². The van der Waals surface area contributed by atoms with Crippen molar-refractivity contribution in [3.63, 3.8) is 0 Å². The number of hydrogen-bond acceptors (Lipinski definition) is 3. The highest BCUT2D eigenvalue weighted by Gasteiger charge is 2.17. The molecule has 0 spiro atoms. The lowest BCUT2D eigenvalue weighted by molar-refractivity contribution is 0.343. The molecule has 0 aliphatic rings. The molecule has 102 valence electrons. The van der Waals surface area contributed by atoms with E-state index in [1.807, 2.05) is 12.4 Å². The summed E-state index contributed by atoms with van der Waals surface area (Å²) >= 11 is 1.68. The maximum absolute atomic E-state index is 6.27. The zero-order chi connectivity index (χ0) is 14.0. The highest BCUT2D eigenvalue weighted by Crippen LogP contribution is 2.31. The maximum Gasteiger partial charge on any atom is 0.0801 e. The van der Waals surface area contributed by atoms with Crippen LogP contribution >= 0.6 is 11.3 Å². The summed E-state index contributed by atoms with van der Waals surface area (Å²) < 4.78 is 0. The minimum atomic E-state index is 0.108. The Labute approximate surface area is 119 Å². The minimum Gasteiger partial charge on any atom is -0.324 e. The molecule has 1 aromatic heterocycles. The topological polar surface area (TPSA) is 38.9 Å². The quantitative estimate of drug-likeness (QED) is 0.891. The van der Waals surface area contributed by atoms with Crippen molar-refractivity contribution in [3.05, 3.63) is 41.0 Å². The van der Waals surface area contributed by atoms with Crippen molar-refractivity contribution >= 4 is 11.3 Å². The third-order valence-corrected chi connectivity index (χ3v) is 4.16. The van der Waals surface area contributed by atoms with Crippen LogP contribution in [0.4, 0.5) is 0 Å². The Morgan fingerprint density at radius 2 is 1.84 bits per heavy atom. The predicted molar refractivity (Wildman–Crippen MR) is 83.3 cm³/mol. The lowest BCUT2D eigenvalue weighted by Gasteiger charge is -2.23. The van der Waals surface area contributed by atoms with Crippen molar-refractivity contribution in [3.8, 4) is 10.4 Å². The van der Waals surface area contributed by atoms with Gasteiger partial charge >= 0.3 is 0 Å². The number of thiazole rings is 1. The summed E-state index contributed by atoms with van der Waals surface area (Å²) in [6.07, 6.45) is 0.992. The van der Waals surface area contributed by atoms with Crippen LogP contribution in [-0.4, -0.2) is 4.98 Å². The highest BCUT2D eigenvalue weighted by atomic mass is 32.1. The van der Waals surface area contributed by atoms with Crippen molar-refractivity contribution in [1.29, 1.82) is 0 Å². The Kier molecular flexibility index (Phi) is 4.07. The van der Waals surface area contributed by atoms with E-state index in [0.29, 0.717) is 0 Å². The Morgan fingerprint density at radius 3 is 2.32 bits per heavy atom. The number of nitrogens with two attached hydrogens (primary N) is 1. The molecule has 0 saturated carbocycles. The van der Waals surface area contributed by atoms with Crippen LogP contribution < -0.4 is 5.73 Å². The van der Waals surface area contributed by atoms with E-state index < -0.39 is 0 Å². The normalized spacial score (nSPS) is 13.5. The van der Waals surface area contributed by atoms with Crippen molar-refractivity contribution in [2.24, 2.45) is 11.1 Å². The number of hydrogen-bond donors (Lipinski definition) is 1. The molecule has 0 saturated heterocycles. The van der Waals surface area contributed by atoms with E-state index in [2.05, 4.69) is 50.0 Å². The Morgan fingerprint density at radius 1 is 1.21 bits per heavy atom. The van der Waals surface area contributed by atoms with Crippen LogP contribution in [0.25, 0.3) is 10.4 Å². The molecule has 0 aliphatic carbocycles. The largest absolute Gasteiger partial charge is 0.324 e. The number of rotatable bonds is 3. The van der Waals surface area contributed by atoms with Gasteiger partial charge in [-0.2, -0.15) is 0 Å². The highest BCUT2D eigenvalue weighted by molar-refractivity contribution is 7.13. The van der Waals surface area contributed by atoms with Gasteiger partial charge in [-0.15, -0.1) is 11.3 Å². The van der Waals surface area contributed by atoms with Crippen LogP contribution in [0, 0.1) is 12.3 Å². The third kappa shape index (κ3) is 3.64. The molecule has 0 fully saturated rings. The van der Waals surface area contributed by atoms with Crippen LogP contribution in [0.15, 0.2) is 29.8 Å². The number of benzene rings is 1. The Hall–Kier alpha value is -1.19. The average molecular weight is 274 g/mol.